The molecule has 1 aromatic carbocycles. The molecular formula is C18H28IN5O2. The number of aromatic nitrogens is 2. The molecule has 0 aliphatic carbocycles. The maximum absolute atomic E-state index is 5.75. The second-order valence-corrected chi connectivity index (χ2v) is 5.70. The summed E-state index contributed by atoms with van der Waals surface area (Å²) in [6.45, 7) is 4.89. The molecule has 144 valence electrons. The molecule has 2 rings (SSSR count). The molecular weight excluding hydrogens is 445 g/mol. The molecule has 0 bridgehead atoms. The first kappa shape index (κ1) is 22.1. The number of benzene rings is 1. The van der Waals surface area contributed by atoms with Gasteiger partial charge in [0, 0.05) is 26.8 Å². The van der Waals surface area contributed by atoms with E-state index in [-0.39, 0.29) is 24.0 Å². The predicted octanol–water partition coefficient (Wildman–Crippen LogP) is 2.40. The first-order valence-electron chi connectivity index (χ1n) is 8.30. The molecule has 0 amide bonds. The van der Waals surface area contributed by atoms with Crippen LogP contribution < -0.4 is 14.8 Å². The summed E-state index contributed by atoms with van der Waals surface area (Å²) in [4.78, 5) is 6.34. The number of ether oxygens (including phenoxy) is 2. The second-order valence-electron chi connectivity index (χ2n) is 5.70. The van der Waals surface area contributed by atoms with Crippen LogP contribution in [0.1, 0.15) is 5.56 Å². The fraction of sp³-hybridized carbons (Fsp3) is 0.444. The SMILES string of the molecule is CN=C(NCCn1cc(C)cn1)N(C)CCOc1ccc(OC)cc1.I. The largest absolute Gasteiger partial charge is 0.497 e. The number of nitrogens with zero attached hydrogens (tertiary/aromatic N) is 4. The Hall–Kier alpha value is -1.97. The Balaban J connectivity index is 0.00000338. The summed E-state index contributed by atoms with van der Waals surface area (Å²) >= 11 is 0. The molecule has 0 aliphatic rings. The number of hydrogen-bond donors (Lipinski definition) is 1. The first-order chi connectivity index (χ1) is 12.1. The molecule has 0 saturated carbocycles. The zero-order valence-electron chi connectivity index (χ0n) is 15.8. The van der Waals surface area contributed by atoms with Crippen LogP contribution in [-0.2, 0) is 6.54 Å². The Labute approximate surface area is 172 Å². The molecule has 0 unspecified atom stereocenters. The highest BCUT2D eigenvalue weighted by molar-refractivity contribution is 14.0. The van der Waals surface area contributed by atoms with E-state index in [4.69, 9.17) is 9.47 Å². The summed E-state index contributed by atoms with van der Waals surface area (Å²) in [5.74, 6) is 2.48. The minimum Gasteiger partial charge on any atom is -0.497 e. The lowest BCUT2D eigenvalue weighted by molar-refractivity contribution is 0.281. The Bertz CT molecular complexity index is 672. The summed E-state index contributed by atoms with van der Waals surface area (Å²) in [5, 5.41) is 7.61. The maximum Gasteiger partial charge on any atom is 0.193 e. The van der Waals surface area contributed by atoms with E-state index in [0.717, 1.165) is 42.7 Å². The number of nitrogens with one attached hydrogen (secondary N) is 1. The Kier molecular flexibility index (Phi) is 9.85. The van der Waals surface area contributed by atoms with Gasteiger partial charge in [-0.3, -0.25) is 9.67 Å². The van der Waals surface area contributed by atoms with Gasteiger partial charge in [-0.25, -0.2) is 0 Å². The Morgan fingerprint density at radius 3 is 2.54 bits per heavy atom. The summed E-state index contributed by atoms with van der Waals surface area (Å²) in [6, 6.07) is 7.57. The molecule has 26 heavy (non-hydrogen) atoms. The average molecular weight is 473 g/mol. The van der Waals surface area contributed by atoms with Crippen LogP contribution in [0.5, 0.6) is 11.5 Å². The van der Waals surface area contributed by atoms with Crippen molar-refractivity contribution in [1.82, 2.24) is 20.0 Å². The smallest absolute Gasteiger partial charge is 0.193 e. The van der Waals surface area contributed by atoms with Crippen LogP contribution in [0.3, 0.4) is 0 Å². The van der Waals surface area contributed by atoms with Gasteiger partial charge in [0.15, 0.2) is 5.96 Å². The van der Waals surface area contributed by atoms with Crippen molar-refractivity contribution in [2.24, 2.45) is 4.99 Å². The molecule has 0 saturated heterocycles. The number of halogens is 1. The van der Waals surface area contributed by atoms with Gasteiger partial charge in [-0.15, -0.1) is 24.0 Å². The van der Waals surface area contributed by atoms with E-state index in [1.165, 1.54) is 0 Å². The van der Waals surface area contributed by atoms with Crippen LogP contribution in [0.15, 0.2) is 41.7 Å². The summed E-state index contributed by atoms with van der Waals surface area (Å²) < 4.78 is 12.8. The van der Waals surface area contributed by atoms with Gasteiger partial charge in [-0.1, -0.05) is 0 Å². The number of rotatable bonds is 8. The summed E-state index contributed by atoms with van der Waals surface area (Å²) in [6.07, 6.45) is 3.88. The maximum atomic E-state index is 5.75. The van der Waals surface area contributed by atoms with E-state index < -0.39 is 0 Å². The predicted molar refractivity (Wildman–Crippen MR) is 115 cm³/mol. The van der Waals surface area contributed by atoms with Gasteiger partial charge in [0.2, 0.25) is 0 Å². The third-order valence-electron chi connectivity index (χ3n) is 3.71. The van der Waals surface area contributed by atoms with E-state index >= 15 is 0 Å². The Morgan fingerprint density at radius 2 is 1.96 bits per heavy atom. The molecule has 0 aliphatic heterocycles. The number of likely N-dealkylation sites (N-methyl/N-ethyl adjacent to an activating group) is 1. The average Bonchev–Trinajstić information content (AvgIpc) is 3.04. The fourth-order valence-electron chi connectivity index (χ4n) is 2.33. The van der Waals surface area contributed by atoms with E-state index in [1.807, 2.05) is 60.2 Å². The minimum absolute atomic E-state index is 0. The third-order valence-corrected chi connectivity index (χ3v) is 3.71. The van der Waals surface area contributed by atoms with Gasteiger partial charge in [-0.05, 0) is 36.8 Å². The second kappa shape index (κ2) is 11.6. The monoisotopic (exact) mass is 473 g/mol. The van der Waals surface area contributed by atoms with E-state index in [2.05, 4.69) is 15.4 Å². The highest BCUT2D eigenvalue weighted by atomic mass is 127. The van der Waals surface area contributed by atoms with Crippen LogP contribution >= 0.6 is 24.0 Å². The topological polar surface area (TPSA) is 63.9 Å². The number of guanidine groups is 1. The van der Waals surface area contributed by atoms with Crippen molar-refractivity contribution >= 4 is 29.9 Å². The van der Waals surface area contributed by atoms with Gasteiger partial charge in [0.05, 0.1) is 26.4 Å². The molecule has 1 heterocycles. The molecule has 1 N–H and O–H groups in total. The van der Waals surface area contributed by atoms with Crippen molar-refractivity contribution < 1.29 is 9.47 Å². The Morgan fingerprint density at radius 1 is 1.27 bits per heavy atom. The third kappa shape index (κ3) is 7.11. The lowest BCUT2D eigenvalue weighted by Gasteiger charge is -2.22. The molecule has 0 radical (unpaired) electrons. The van der Waals surface area contributed by atoms with Crippen molar-refractivity contribution in [1.29, 1.82) is 0 Å². The minimum atomic E-state index is 0. The van der Waals surface area contributed by atoms with Crippen LogP contribution in [0, 0.1) is 6.92 Å². The molecule has 8 heteroatoms. The van der Waals surface area contributed by atoms with E-state index in [1.54, 1.807) is 14.2 Å². The molecule has 0 spiro atoms. The molecule has 0 fully saturated rings. The fourth-order valence-corrected chi connectivity index (χ4v) is 2.33. The van der Waals surface area contributed by atoms with Gasteiger partial charge in [0.1, 0.15) is 18.1 Å². The van der Waals surface area contributed by atoms with Crippen molar-refractivity contribution in [3.8, 4) is 11.5 Å². The number of aliphatic imine (C=N–C) groups is 1. The van der Waals surface area contributed by atoms with Crippen molar-refractivity contribution in [2.75, 3.05) is 40.9 Å². The normalized spacial score (nSPS) is 10.8. The van der Waals surface area contributed by atoms with Gasteiger partial charge in [-0.2, -0.15) is 5.10 Å². The zero-order chi connectivity index (χ0) is 18.1. The van der Waals surface area contributed by atoms with Gasteiger partial charge >= 0.3 is 0 Å². The number of aryl methyl sites for hydroxylation is 1. The lowest BCUT2D eigenvalue weighted by atomic mass is 10.3. The van der Waals surface area contributed by atoms with Crippen LogP contribution in [-0.4, -0.2) is 61.5 Å². The van der Waals surface area contributed by atoms with Gasteiger partial charge in [0.25, 0.3) is 0 Å². The van der Waals surface area contributed by atoms with Crippen molar-refractivity contribution in [3.63, 3.8) is 0 Å². The molecule has 2 aromatic rings. The first-order valence-corrected chi connectivity index (χ1v) is 8.30. The number of hydrogen-bond acceptors (Lipinski definition) is 4. The van der Waals surface area contributed by atoms with Crippen LogP contribution in [0.2, 0.25) is 0 Å². The molecule has 1 aromatic heterocycles. The highest BCUT2D eigenvalue weighted by Gasteiger charge is 2.06. The van der Waals surface area contributed by atoms with E-state index in [0.29, 0.717) is 6.61 Å². The zero-order valence-corrected chi connectivity index (χ0v) is 18.1. The van der Waals surface area contributed by atoms with E-state index in [9.17, 15) is 0 Å². The molecule has 0 atom stereocenters. The quantitative estimate of drug-likeness (QED) is 0.363. The van der Waals surface area contributed by atoms with Gasteiger partial charge < -0.3 is 19.7 Å². The standard InChI is InChI=1S/C18H27N5O2.HI/c1-15-13-21-23(14-15)10-9-20-18(19-2)22(3)11-12-25-17-7-5-16(24-4)6-8-17;/h5-8,13-14H,9-12H2,1-4H3,(H,19,20);1H. The lowest BCUT2D eigenvalue weighted by Crippen LogP contribution is -2.42. The van der Waals surface area contributed by atoms with Crippen LogP contribution in [0.4, 0.5) is 0 Å². The van der Waals surface area contributed by atoms with Crippen molar-refractivity contribution in [3.05, 3.63) is 42.2 Å². The number of methoxy groups -OCH3 is 1. The molecule has 7 nitrogen and oxygen atoms in total. The van der Waals surface area contributed by atoms with Crippen LogP contribution in [0.25, 0.3) is 0 Å². The van der Waals surface area contributed by atoms with Crippen molar-refractivity contribution in [2.45, 2.75) is 13.5 Å². The summed E-state index contributed by atoms with van der Waals surface area (Å²) in [5.41, 5.74) is 1.16. The summed E-state index contributed by atoms with van der Waals surface area (Å²) in [7, 11) is 5.42. The highest BCUT2D eigenvalue weighted by Crippen LogP contribution is 2.16.